The number of amides is 1. The third kappa shape index (κ3) is 6.40. The van der Waals surface area contributed by atoms with Crippen molar-refractivity contribution >= 4 is 39.9 Å². The number of nitrogens with zero attached hydrogens (tertiary/aromatic N) is 2. The fraction of sp³-hybridized carbons (Fsp3) is 0.238. The van der Waals surface area contributed by atoms with Crippen LogP contribution in [0.2, 0.25) is 0 Å². The summed E-state index contributed by atoms with van der Waals surface area (Å²) in [6.45, 7) is 4.78. The Labute approximate surface area is 177 Å². The van der Waals surface area contributed by atoms with E-state index in [0.717, 1.165) is 5.75 Å². The minimum atomic E-state index is -0.270. The molecule has 0 radical (unpaired) electrons. The molecular formula is C21H21N3O3S2. The number of thioether (sulfide) groups is 1. The van der Waals surface area contributed by atoms with Crippen molar-refractivity contribution in [1.29, 1.82) is 0 Å². The van der Waals surface area contributed by atoms with E-state index in [1.165, 1.54) is 23.1 Å². The summed E-state index contributed by atoms with van der Waals surface area (Å²) in [7, 11) is 0. The van der Waals surface area contributed by atoms with Gasteiger partial charge >= 0.3 is 0 Å². The van der Waals surface area contributed by atoms with Crippen LogP contribution in [0, 0.1) is 5.92 Å². The summed E-state index contributed by atoms with van der Waals surface area (Å²) in [5.74, 6) is 1.19. The minimum absolute atomic E-state index is 0.0242. The smallest absolute Gasteiger partial charge is 0.257 e. The Kier molecular flexibility index (Phi) is 7.37. The van der Waals surface area contributed by atoms with E-state index in [2.05, 4.69) is 29.4 Å². The summed E-state index contributed by atoms with van der Waals surface area (Å²) >= 11 is 2.54. The van der Waals surface area contributed by atoms with Crippen LogP contribution >= 0.6 is 23.1 Å². The number of hydrogen-bond acceptors (Lipinski definition) is 7. The standard InChI is InChI=1S/C21H21N3O3S2/c1-14(2)12-27-17-10-8-16(9-11-17)19(26)22-20-23-24-21(29-20)28-13-18(25)15-6-4-3-5-7-15/h3-11,14H,12-13H2,1-2H3,(H,22,23,26). The molecule has 1 aromatic heterocycles. The summed E-state index contributed by atoms with van der Waals surface area (Å²) in [4.78, 5) is 24.5. The molecule has 0 aliphatic rings. The first-order chi connectivity index (χ1) is 14.0. The van der Waals surface area contributed by atoms with Gasteiger partial charge in [0.2, 0.25) is 5.13 Å². The second-order valence-corrected chi connectivity index (χ2v) is 8.83. The number of aromatic nitrogens is 2. The number of hydrogen-bond donors (Lipinski definition) is 1. The normalized spacial score (nSPS) is 10.7. The van der Waals surface area contributed by atoms with Crippen LogP contribution in [0.4, 0.5) is 5.13 Å². The van der Waals surface area contributed by atoms with Crippen LogP contribution in [0.15, 0.2) is 58.9 Å². The van der Waals surface area contributed by atoms with Crippen molar-refractivity contribution in [3.05, 3.63) is 65.7 Å². The predicted molar refractivity (Wildman–Crippen MR) is 116 cm³/mol. The molecule has 0 atom stereocenters. The van der Waals surface area contributed by atoms with E-state index in [-0.39, 0.29) is 17.4 Å². The Morgan fingerprint density at radius 2 is 1.76 bits per heavy atom. The predicted octanol–water partition coefficient (Wildman–Crippen LogP) is 4.80. The lowest BCUT2D eigenvalue weighted by Gasteiger charge is -2.09. The van der Waals surface area contributed by atoms with E-state index in [1.54, 1.807) is 36.4 Å². The average Bonchev–Trinajstić information content (AvgIpc) is 3.18. The fourth-order valence-corrected chi connectivity index (χ4v) is 3.93. The number of benzene rings is 2. The first-order valence-electron chi connectivity index (χ1n) is 9.10. The number of ether oxygens (including phenoxy) is 1. The van der Waals surface area contributed by atoms with Crippen LogP contribution in [-0.4, -0.2) is 34.2 Å². The molecule has 150 valence electrons. The van der Waals surface area contributed by atoms with Crippen LogP contribution in [0.1, 0.15) is 34.6 Å². The van der Waals surface area contributed by atoms with Gasteiger partial charge in [0.1, 0.15) is 5.75 Å². The maximum atomic E-state index is 12.4. The molecule has 1 N–H and O–H groups in total. The van der Waals surface area contributed by atoms with E-state index < -0.39 is 0 Å². The summed E-state index contributed by atoms with van der Waals surface area (Å²) in [5.41, 5.74) is 1.17. The van der Waals surface area contributed by atoms with E-state index in [9.17, 15) is 9.59 Å². The number of carbonyl (C=O) groups is 2. The molecule has 8 heteroatoms. The maximum Gasteiger partial charge on any atom is 0.257 e. The molecule has 0 unspecified atom stereocenters. The largest absolute Gasteiger partial charge is 0.493 e. The molecule has 0 saturated heterocycles. The summed E-state index contributed by atoms with van der Waals surface area (Å²) in [5, 5.41) is 11.1. The Hall–Kier alpha value is -2.71. The van der Waals surface area contributed by atoms with Crippen molar-refractivity contribution in [2.75, 3.05) is 17.7 Å². The van der Waals surface area contributed by atoms with Crippen LogP contribution in [0.25, 0.3) is 0 Å². The Bertz CT molecular complexity index is 957. The number of carbonyl (C=O) groups excluding carboxylic acids is 2. The van der Waals surface area contributed by atoms with Crippen LogP contribution in [0.3, 0.4) is 0 Å². The molecule has 3 aromatic rings. The second kappa shape index (κ2) is 10.2. The Morgan fingerprint density at radius 1 is 1.03 bits per heavy atom. The van der Waals surface area contributed by atoms with Gasteiger partial charge < -0.3 is 4.74 Å². The molecule has 0 aliphatic heterocycles. The molecule has 0 saturated carbocycles. The van der Waals surface area contributed by atoms with Gasteiger partial charge in [0, 0.05) is 11.1 Å². The Morgan fingerprint density at radius 3 is 2.45 bits per heavy atom. The summed E-state index contributed by atoms with van der Waals surface area (Å²) < 4.78 is 6.25. The third-order valence-corrected chi connectivity index (χ3v) is 5.72. The lowest BCUT2D eigenvalue weighted by molar-refractivity contribution is 0.101. The lowest BCUT2D eigenvalue weighted by atomic mass is 10.2. The molecule has 29 heavy (non-hydrogen) atoms. The quantitative estimate of drug-likeness (QED) is 0.300. The minimum Gasteiger partial charge on any atom is -0.493 e. The van der Waals surface area contributed by atoms with Crippen molar-refractivity contribution in [2.24, 2.45) is 5.92 Å². The molecule has 0 spiro atoms. The van der Waals surface area contributed by atoms with Gasteiger partial charge in [-0.25, -0.2) is 0 Å². The van der Waals surface area contributed by atoms with Gasteiger partial charge in [0.15, 0.2) is 10.1 Å². The van der Waals surface area contributed by atoms with E-state index in [4.69, 9.17) is 4.74 Å². The van der Waals surface area contributed by atoms with Gasteiger partial charge in [-0.1, -0.05) is 67.3 Å². The second-order valence-electron chi connectivity index (χ2n) is 6.63. The molecule has 1 heterocycles. The van der Waals surface area contributed by atoms with Crippen LogP contribution < -0.4 is 10.1 Å². The molecule has 3 rings (SSSR count). The van der Waals surface area contributed by atoms with Crippen LogP contribution in [0.5, 0.6) is 5.75 Å². The van der Waals surface area contributed by atoms with Gasteiger partial charge in [-0.05, 0) is 30.2 Å². The van der Waals surface area contributed by atoms with E-state index in [1.807, 2.05) is 18.2 Å². The number of nitrogens with one attached hydrogen (secondary N) is 1. The summed E-state index contributed by atoms with van der Waals surface area (Å²) in [6.07, 6.45) is 0. The highest BCUT2D eigenvalue weighted by Gasteiger charge is 2.13. The molecule has 2 aromatic carbocycles. The fourth-order valence-electron chi connectivity index (χ4n) is 2.29. The van der Waals surface area contributed by atoms with Gasteiger partial charge in [0.25, 0.3) is 5.91 Å². The zero-order valence-electron chi connectivity index (χ0n) is 16.1. The highest BCUT2D eigenvalue weighted by Crippen LogP contribution is 2.26. The topological polar surface area (TPSA) is 81.2 Å². The number of ketones is 1. The molecular weight excluding hydrogens is 406 g/mol. The molecule has 1 amide bonds. The SMILES string of the molecule is CC(C)COc1ccc(C(=O)Nc2nnc(SCC(=O)c3ccccc3)s2)cc1. The highest BCUT2D eigenvalue weighted by molar-refractivity contribution is 8.01. The zero-order chi connectivity index (χ0) is 20.6. The molecule has 0 fully saturated rings. The van der Waals surface area contributed by atoms with E-state index >= 15 is 0 Å². The molecule has 0 aliphatic carbocycles. The van der Waals surface area contributed by atoms with Gasteiger partial charge in [-0.3, -0.25) is 14.9 Å². The van der Waals surface area contributed by atoms with E-state index in [0.29, 0.717) is 33.1 Å². The van der Waals surface area contributed by atoms with Crippen LogP contribution in [-0.2, 0) is 0 Å². The molecule has 6 nitrogen and oxygen atoms in total. The number of Topliss-reactive ketones (excluding diaryl/α,β-unsaturated/α-hetero) is 1. The average molecular weight is 428 g/mol. The van der Waals surface area contributed by atoms with Gasteiger partial charge in [-0.2, -0.15) is 0 Å². The molecule has 0 bridgehead atoms. The highest BCUT2D eigenvalue weighted by atomic mass is 32.2. The Balaban J connectivity index is 1.51. The third-order valence-electron chi connectivity index (χ3n) is 3.75. The number of anilines is 1. The zero-order valence-corrected chi connectivity index (χ0v) is 17.8. The van der Waals surface area contributed by atoms with Crippen molar-refractivity contribution in [2.45, 2.75) is 18.2 Å². The van der Waals surface area contributed by atoms with Crippen molar-refractivity contribution in [3.8, 4) is 5.75 Å². The first kappa shape index (κ1) is 21.0. The van der Waals surface area contributed by atoms with Gasteiger partial charge in [0.05, 0.1) is 12.4 Å². The van der Waals surface area contributed by atoms with Crippen molar-refractivity contribution < 1.29 is 14.3 Å². The first-order valence-corrected chi connectivity index (χ1v) is 10.9. The van der Waals surface area contributed by atoms with Crippen molar-refractivity contribution in [1.82, 2.24) is 10.2 Å². The van der Waals surface area contributed by atoms with Gasteiger partial charge in [-0.15, -0.1) is 10.2 Å². The van der Waals surface area contributed by atoms with Crippen molar-refractivity contribution in [3.63, 3.8) is 0 Å². The maximum absolute atomic E-state index is 12.4. The summed E-state index contributed by atoms with van der Waals surface area (Å²) in [6, 6.07) is 16.1. The lowest BCUT2D eigenvalue weighted by Crippen LogP contribution is -2.11. The monoisotopic (exact) mass is 427 g/mol. The number of rotatable bonds is 9.